The maximum absolute atomic E-state index is 11.3. The third-order valence-corrected chi connectivity index (χ3v) is 3.32. The maximum Gasteiger partial charge on any atom is 0.245 e. The van der Waals surface area contributed by atoms with Crippen LogP contribution in [0.5, 0.6) is 0 Å². The van der Waals surface area contributed by atoms with Crippen molar-refractivity contribution < 1.29 is 4.79 Å². The van der Waals surface area contributed by atoms with Crippen LogP contribution in [0.2, 0.25) is 0 Å². The van der Waals surface area contributed by atoms with Crippen molar-refractivity contribution in [2.24, 2.45) is 0 Å². The fourth-order valence-corrected chi connectivity index (χ4v) is 2.01. The second kappa shape index (κ2) is 4.13. The molecule has 0 spiro atoms. The normalized spacial score (nSPS) is 18.9. The summed E-state index contributed by atoms with van der Waals surface area (Å²) in [5, 5.41) is 0. The average Bonchev–Trinajstić information content (AvgIpc) is 2.08. The van der Waals surface area contributed by atoms with Crippen LogP contribution in [-0.4, -0.2) is 48.9 Å². The Morgan fingerprint density at radius 3 is 2.29 bits per heavy atom. The summed E-state index contributed by atoms with van der Waals surface area (Å²) in [6.45, 7) is 4.31. The second-order valence-corrected chi connectivity index (χ2v) is 4.37. The molecule has 80 valence electrons. The first-order valence-electron chi connectivity index (χ1n) is 5.07. The standard InChI is InChI=1S/C11H20N2O/c1-5-10(14)13(4)9-11(12(2)3)7-6-8-11/h5H,1,6-9H2,2-4H3. The van der Waals surface area contributed by atoms with Gasteiger partial charge in [0.05, 0.1) is 0 Å². The summed E-state index contributed by atoms with van der Waals surface area (Å²) in [6.07, 6.45) is 5.03. The van der Waals surface area contributed by atoms with Gasteiger partial charge in [-0.1, -0.05) is 6.58 Å². The molecule has 0 aromatic heterocycles. The third kappa shape index (κ3) is 1.98. The zero-order valence-electron chi connectivity index (χ0n) is 9.42. The average molecular weight is 196 g/mol. The monoisotopic (exact) mass is 196 g/mol. The number of carbonyl (C=O) groups is 1. The van der Waals surface area contributed by atoms with Gasteiger partial charge in [-0.3, -0.25) is 4.79 Å². The number of hydrogen-bond donors (Lipinski definition) is 0. The van der Waals surface area contributed by atoms with Gasteiger partial charge in [0.15, 0.2) is 0 Å². The third-order valence-electron chi connectivity index (χ3n) is 3.32. The quantitative estimate of drug-likeness (QED) is 0.629. The van der Waals surface area contributed by atoms with Crippen LogP contribution in [0.1, 0.15) is 19.3 Å². The molecule has 0 bridgehead atoms. The molecule has 0 unspecified atom stereocenters. The highest BCUT2D eigenvalue weighted by atomic mass is 16.2. The van der Waals surface area contributed by atoms with E-state index in [-0.39, 0.29) is 11.4 Å². The van der Waals surface area contributed by atoms with E-state index in [0.29, 0.717) is 0 Å². The van der Waals surface area contributed by atoms with Crippen molar-refractivity contribution in [3.05, 3.63) is 12.7 Å². The Morgan fingerprint density at radius 2 is 2.00 bits per heavy atom. The predicted molar refractivity (Wildman–Crippen MR) is 58.1 cm³/mol. The predicted octanol–water partition coefficient (Wildman–Crippen LogP) is 1.12. The van der Waals surface area contributed by atoms with Crippen molar-refractivity contribution in [2.75, 3.05) is 27.7 Å². The summed E-state index contributed by atoms with van der Waals surface area (Å²) in [5.41, 5.74) is 0.216. The van der Waals surface area contributed by atoms with Gasteiger partial charge in [-0.2, -0.15) is 0 Å². The van der Waals surface area contributed by atoms with Gasteiger partial charge in [0.25, 0.3) is 0 Å². The lowest BCUT2D eigenvalue weighted by molar-refractivity contribution is -0.127. The highest BCUT2D eigenvalue weighted by Gasteiger charge is 2.40. The maximum atomic E-state index is 11.3. The van der Waals surface area contributed by atoms with E-state index in [4.69, 9.17) is 0 Å². The molecule has 3 nitrogen and oxygen atoms in total. The highest BCUT2D eigenvalue weighted by Crippen LogP contribution is 2.36. The number of carbonyl (C=O) groups excluding carboxylic acids is 1. The Morgan fingerprint density at radius 1 is 1.43 bits per heavy atom. The van der Waals surface area contributed by atoms with E-state index in [2.05, 4.69) is 25.6 Å². The molecule has 1 amide bonds. The molecule has 1 fully saturated rings. The molecule has 1 rings (SSSR count). The summed E-state index contributed by atoms with van der Waals surface area (Å²) >= 11 is 0. The van der Waals surface area contributed by atoms with Crippen LogP contribution in [0.15, 0.2) is 12.7 Å². The Hall–Kier alpha value is -0.830. The first kappa shape index (κ1) is 11.2. The Labute approximate surface area is 86.4 Å². The van der Waals surface area contributed by atoms with E-state index in [1.165, 1.54) is 25.3 Å². The van der Waals surface area contributed by atoms with Crippen molar-refractivity contribution in [3.63, 3.8) is 0 Å². The molecule has 0 heterocycles. The van der Waals surface area contributed by atoms with Crippen LogP contribution < -0.4 is 0 Å². The minimum atomic E-state index is 0.0122. The van der Waals surface area contributed by atoms with E-state index in [9.17, 15) is 4.79 Å². The molecule has 0 atom stereocenters. The lowest BCUT2D eigenvalue weighted by atomic mass is 9.75. The van der Waals surface area contributed by atoms with Gasteiger partial charge in [-0.05, 0) is 39.4 Å². The number of rotatable bonds is 4. The van der Waals surface area contributed by atoms with Gasteiger partial charge in [0.2, 0.25) is 5.91 Å². The zero-order valence-corrected chi connectivity index (χ0v) is 9.42. The van der Waals surface area contributed by atoms with Gasteiger partial charge in [-0.25, -0.2) is 0 Å². The first-order valence-corrected chi connectivity index (χ1v) is 5.07. The van der Waals surface area contributed by atoms with Crippen LogP contribution in [0.3, 0.4) is 0 Å². The van der Waals surface area contributed by atoms with Gasteiger partial charge < -0.3 is 9.80 Å². The molecular weight excluding hydrogens is 176 g/mol. The van der Waals surface area contributed by atoms with Gasteiger partial charge in [0.1, 0.15) is 0 Å². The molecule has 14 heavy (non-hydrogen) atoms. The lowest BCUT2D eigenvalue weighted by Gasteiger charge is -2.49. The Balaban J connectivity index is 2.56. The van der Waals surface area contributed by atoms with Gasteiger partial charge in [0, 0.05) is 19.1 Å². The Kier molecular flexibility index (Phi) is 3.32. The van der Waals surface area contributed by atoms with Crippen molar-refractivity contribution in [1.82, 2.24) is 9.80 Å². The van der Waals surface area contributed by atoms with Crippen molar-refractivity contribution in [1.29, 1.82) is 0 Å². The molecule has 3 heteroatoms. The molecular formula is C11H20N2O. The van der Waals surface area contributed by atoms with E-state index >= 15 is 0 Å². The SMILES string of the molecule is C=CC(=O)N(C)CC1(N(C)C)CCC1. The molecule has 0 aromatic rings. The van der Waals surface area contributed by atoms with Crippen molar-refractivity contribution in [3.8, 4) is 0 Å². The fraction of sp³-hybridized carbons (Fsp3) is 0.727. The summed E-state index contributed by atoms with van der Waals surface area (Å²) in [6, 6.07) is 0. The van der Waals surface area contributed by atoms with Crippen LogP contribution in [0.25, 0.3) is 0 Å². The summed E-state index contributed by atoms with van der Waals surface area (Å²) < 4.78 is 0. The van der Waals surface area contributed by atoms with E-state index in [1.807, 2.05) is 7.05 Å². The minimum absolute atomic E-state index is 0.0122. The van der Waals surface area contributed by atoms with Gasteiger partial charge in [-0.15, -0.1) is 0 Å². The molecule has 1 aliphatic carbocycles. The van der Waals surface area contributed by atoms with Crippen LogP contribution >= 0.6 is 0 Å². The van der Waals surface area contributed by atoms with E-state index in [1.54, 1.807) is 4.90 Å². The van der Waals surface area contributed by atoms with Crippen molar-refractivity contribution in [2.45, 2.75) is 24.8 Å². The molecule has 0 saturated heterocycles. The Bertz CT molecular complexity index is 231. The smallest absolute Gasteiger partial charge is 0.245 e. The molecule has 0 aliphatic heterocycles. The molecule has 0 aromatic carbocycles. The van der Waals surface area contributed by atoms with Gasteiger partial charge >= 0.3 is 0 Å². The lowest BCUT2D eigenvalue weighted by Crippen LogP contribution is -2.57. The number of nitrogens with zero attached hydrogens (tertiary/aromatic N) is 2. The summed E-state index contributed by atoms with van der Waals surface area (Å²) in [5.74, 6) is 0.0122. The van der Waals surface area contributed by atoms with Crippen molar-refractivity contribution >= 4 is 5.91 Å². The minimum Gasteiger partial charge on any atom is -0.340 e. The first-order chi connectivity index (χ1) is 6.52. The van der Waals surface area contributed by atoms with E-state index in [0.717, 1.165) is 6.54 Å². The summed E-state index contributed by atoms with van der Waals surface area (Å²) in [4.78, 5) is 15.3. The molecule has 0 radical (unpaired) electrons. The highest BCUT2D eigenvalue weighted by molar-refractivity contribution is 5.86. The molecule has 1 saturated carbocycles. The number of hydrogen-bond acceptors (Lipinski definition) is 2. The second-order valence-electron chi connectivity index (χ2n) is 4.37. The zero-order chi connectivity index (χ0) is 10.8. The number of amides is 1. The van der Waals surface area contributed by atoms with Crippen LogP contribution in [0.4, 0.5) is 0 Å². The summed E-state index contributed by atoms with van der Waals surface area (Å²) in [7, 11) is 6.02. The van der Waals surface area contributed by atoms with E-state index < -0.39 is 0 Å². The topological polar surface area (TPSA) is 23.6 Å². The fourth-order valence-electron chi connectivity index (χ4n) is 2.01. The van der Waals surface area contributed by atoms with Crippen LogP contribution in [-0.2, 0) is 4.79 Å². The largest absolute Gasteiger partial charge is 0.340 e. The number of likely N-dealkylation sites (N-methyl/N-ethyl adjacent to an activating group) is 2. The molecule has 1 aliphatic rings. The molecule has 0 N–H and O–H groups in total. The van der Waals surface area contributed by atoms with Crippen LogP contribution in [0, 0.1) is 0 Å².